The summed E-state index contributed by atoms with van der Waals surface area (Å²) < 4.78 is 11.3. The SMILES string of the molecule is CCOC1(C(NN)c2ccoc2)CCCC(C)C1. The van der Waals surface area contributed by atoms with Gasteiger partial charge in [-0.05, 0) is 31.7 Å². The molecule has 0 radical (unpaired) electrons. The molecule has 0 aliphatic heterocycles. The lowest BCUT2D eigenvalue weighted by Gasteiger charge is -2.44. The molecule has 18 heavy (non-hydrogen) atoms. The highest BCUT2D eigenvalue weighted by Crippen LogP contribution is 2.43. The molecule has 1 aliphatic rings. The van der Waals surface area contributed by atoms with E-state index in [0.29, 0.717) is 12.5 Å². The van der Waals surface area contributed by atoms with Gasteiger partial charge in [-0.2, -0.15) is 0 Å². The molecule has 0 aromatic carbocycles. The first-order chi connectivity index (χ1) is 8.72. The lowest BCUT2D eigenvalue weighted by atomic mass is 9.73. The van der Waals surface area contributed by atoms with Gasteiger partial charge in [-0.15, -0.1) is 0 Å². The average Bonchev–Trinajstić information content (AvgIpc) is 2.84. The third kappa shape index (κ3) is 2.60. The molecule has 0 amide bonds. The molecule has 2 rings (SSSR count). The molecule has 4 heteroatoms. The maximum absolute atomic E-state index is 6.13. The van der Waals surface area contributed by atoms with Crippen LogP contribution in [0.4, 0.5) is 0 Å². The van der Waals surface area contributed by atoms with Crippen LogP contribution >= 0.6 is 0 Å². The van der Waals surface area contributed by atoms with Crippen LogP contribution in [0.15, 0.2) is 23.0 Å². The van der Waals surface area contributed by atoms with Gasteiger partial charge in [0.15, 0.2) is 0 Å². The van der Waals surface area contributed by atoms with E-state index in [4.69, 9.17) is 15.0 Å². The van der Waals surface area contributed by atoms with Crippen molar-refractivity contribution in [3.8, 4) is 0 Å². The Kier molecular flexibility index (Phi) is 4.43. The monoisotopic (exact) mass is 252 g/mol. The highest BCUT2D eigenvalue weighted by atomic mass is 16.5. The highest BCUT2D eigenvalue weighted by Gasteiger charge is 2.43. The first kappa shape index (κ1) is 13.6. The molecule has 1 fully saturated rings. The standard InChI is InChI=1S/C14H24N2O2/c1-3-18-14(7-4-5-11(2)9-14)13(16-15)12-6-8-17-10-12/h6,8,10-11,13,16H,3-5,7,9,15H2,1-2H3. The minimum absolute atomic E-state index is 0.000972. The van der Waals surface area contributed by atoms with Crippen molar-refractivity contribution in [2.45, 2.75) is 51.2 Å². The topological polar surface area (TPSA) is 60.4 Å². The van der Waals surface area contributed by atoms with Gasteiger partial charge >= 0.3 is 0 Å². The van der Waals surface area contributed by atoms with Gasteiger partial charge in [-0.1, -0.05) is 19.8 Å². The summed E-state index contributed by atoms with van der Waals surface area (Å²) in [5.74, 6) is 6.46. The first-order valence-corrected chi connectivity index (χ1v) is 6.84. The van der Waals surface area contributed by atoms with Crippen molar-refractivity contribution < 1.29 is 9.15 Å². The van der Waals surface area contributed by atoms with Crippen LogP contribution in [0.2, 0.25) is 0 Å². The van der Waals surface area contributed by atoms with Crippen LogP contribution in [-0.4, -0.2) is 12.2 Å². The summed E-state index contributed by atoms with van der Waals surface area (Å²) in [5.41, 5.74) is 3.80. The Balaban J connectivity index is 2.26. The lowest BCUT2D eigenvalue weighted by Crippen LogP contribution is -2.51. The number of rotatable bonds is 5. The van der Waals surface area contributed by atoms with Crippen molar-refractivity contribution in [3.05, 3.63) is 24.2 Å². The predicted molar refractivity (Wildman–Crippen MR) is 70.8 cm³/mol. The fourth-order valence-electron chi connectivity index (χ4n) is 3.30. The van der Waals surface area contributed by atoms with Gasteiger partial charge in [0, 0.05) is 12.2 Å². The van der Waals surface area contributed by atoms with E-state index in [1.165, 1.54) is 12.8 Å². The molecule has 0 spiro atoms. The number of hydrogen-bond acceptors (Lipinski definition) is 4. The fourth-order valence-corrected chi connectivity index (χ4v) is 3.30. The van der Waals surface area contributed by atoms with Gasteiger partial charge in [0.05, 0.1) is 24.2 Å². The van der Waals surface area contributed by atoms with E-state index in [1.807, 2.05) is 13.0 Å². The van der Waals surface area contributed by atoms with E-state index in [0.717, 1.165) is 18.4 Å². The number of furan rings is 1. The zero-order chi connectivity index (χ0) is 13.0. The van der Waals surface area contributed by atoms with Gasteiger partial charge in [-0.3, -0.25) is 5.84 Å². The van der Waals surface area contributed by atoms with Crippen LogP contribution in [-0.2, 0) is 4.74 Å². The normalized spacial score (nSPS) is 30.3. The van der Waals surface area contributed by atoms with Crippen molar-refractivity contribution in [2.75, 3.05) is 6.61 Å². The molecule has 1 aromatic heterocycles. The molecule has 3 atom stereocenters. The van der Waals surface area contributed by atoms with Crippen LogP contribution in [0.25, 0.3) is 0 Å². The molecule has 3 unspecified atom stereocenters. The molecule has 1 aliphatic carbocycles. The maximum atomic E-state index is 6.13. The molecule has 4 nitrogen and oxygen atoms in total. The average molecular weight is 252 g/mol. The van der Waals surface area contributed by atoms with Crippen molar-refractivity contribution in [3.63, 3.8) is 0 Å². The minimum Gasteiger partial charge on any atom is -0.472 e. The van der Waals surface area contributed by atoms with Crippen LogP contribution in [0.1, 0.15) is 51.1 Å². The largest absolute Gasteiger partial charge is 0.472 e. The lowest BCUT2D eigenvalue weighted by molar-refractivity contribution is -0.102. The first-order valence-electron chi connectivity index (χ1n) is 6.84. The van der Waals surface area contributed by atoms with Crippen molar-refractivity contribution >= 4 is 0 Å². The molecule has 102 valence electrons. The van der Waals surface area contributed by atoms with Crippen molar-refractivity contribution in [1.82, 2.24) is 5.43 Å². The summed E-state index contributed by atoms with van der Waals surface area (Å²) >= 11 is 0. The van der Waals surface area contributed by atoms with Gasteiger partial charge in [0.1, 0.15) is 0 Å². The number of ether oxygens (including phenoxy) is 1. The summed E-state index contributed by atoms with van der Waals surface area (Å²) in [4.78, 5) is 0. The van der Waals surface area contributed by atoms with Crippen LogP contribution < -0.4 is 11.3 Å². The Morgan fingerprint density at radius 3 is 3.06 bits per heavy atom. The molecule has 3 N–H and O–H groups in total. The van der Waals surface area contributed by atoms with Gasteiger partial charge < -0.3 is 9.15 Å². The second-order valence-corrected chi connectivity index (χ2v) is 5.36. The van der Waals surface area contributed by atoms with Crippen LogP contribution in [0.5, 0.6) is 0 Å². The van der Waals surface area contributed by atoms with E-state index < -0.39 is 0 Å². The Hall–Kier alpha value is -0.840. The summed E-state index contributed by atoms with van der Waals surface area (Å²) in [6, 6.07) is 1.96. The number of nitrogens with one attached hydrogen (secondary N) is 1. The number of hydrazine groups is 1. The third-order valence-electron chi connectivity index (χ3n) is 3.99. The Morgan fingerprint density at radius 1 is 1.67 bits per heavy atom. The Morgan fingerprint density at radius 2 is 2.50 bits per heavy atom. The molecule has 1 aromatic rings. The van der Waals surface area contributed by atoms with Gasteiger partial charge in [-0.25, -0.2) is 5.43 Å². The van der Waals surface area contributed by atoms with Crippen LogP contribution in [0.3, 0.4) is 0 Å². The Bertz CT molecular complexity index is 349. The summed E-state index contributed by atoms with van der Waals surface area (Å²) in [6.07, 6.45) is 8.00. The van der Waals surface area contributed by atoms with Crippen LogP contribution in [0, 0.1) is 5.92 Å². The smallest absolute Gasteiger partial charge is 0.0952 e. The van der Waals surface area contributed by atoms with E-state index in [1.54, 1.807) is 12.5 Å². The molecule has 0 bridgehead atoms. The maximum Gasteiger partial charge on any atom is 0.0952 e. The molecule has 1 saturated carbocycles. The summed E-state index contributed by atoms with van der Waals surface area (Å²) in [5, 5.41) is 0. The number of hydrogen-bond donors (Lipinski definition) is 2. The third-order valence-corrected chi connectivity index (χ3v) is 3.99. The fraction of sp³-hybridized carbons (Fsp3) is 0.714. The second kappa shape index (κ2) is 5.87. The van der Waals surface area contributed by atoms with Crippen molar-refractivity contribution in [2.24, 2.45) is 11.8 Å². The van der Waals surface area contributed by atoms with E-state index in [9.17, 15) is 0 Å². The van der Waals surface area contributed by atoms with E-state index >= 15 is 0 Å². The summed E-state index contributed by atoms with van der Waals surface area (Å²) in [7, 11) is 0. The van der Waals surface area contributed by atoms with Crippen molar-refractivity contribution in [1.29, 1.82) is 0 Å². The minimum atomic E-state index is -0.203. The van der Waals surface area contributed by atoms with Gasteiger partial charge in [0.25, 0.3) is 0 Å². The van der Waals surface area contributed by atoms with Gasteiger partial charge in [0.2, 0.25) is 0 Å². The molecular formula is C14H24N2O2. The molecular weight excluding hydrogens is 228 g/mol. The molecule has 0 saturated heterocycles. The van der Waals surface area contributed by atoms with E-state index in [2.05, 4.69) is 12.3 Å². The zero-order valence-corrected chi connectivity index (χ0v) is 11.3. The number of nitrogens with two attached hydrogens (primary N) is 1. The highest BCUT2D eigenvalue weighted by molar-refractivity contribution is 5.17. The second-order valence-electron chi connectivity index (χ2n) is 5.36. The molecule has 1 heterocycles. The Labute approximate surface area is 109 Å². The zero-order valence-electron chi connectivity index (χ0n) is 11.3. The summed E-state index contributed by atoms with van der Waals surface area (Å²) in [6.45, 7) is 5.04. The quantitative estimate of drug-likeness (QED) is 0.625. The van der Waals surface area contributed by atoms with E-state index in [-0.39, 0.29) is 11.6 Å². The predicted octanol–water partition coefficient (Wildman–Crippen LogP) is 2.77.